The molecular formula is C22H25F3N4O3. The maximum Gasteiger partial charge on any atom is 0.573 e. The minimum Gasteiger partial charge on any atom is -0.406 e. The van der Waals surface area contributed by atoms with Crippen LogP contribution >= 0.6 is 0 Å². The largest absolute Gasteiger partial charge is 0.573 e. The van der Waals surface area contributed by atoms with Crippen LogP contribution in [0.1, 0.15) is 18.4 Å². The Labute approximate surface area is 183 Å². The molecule has 0 spiro atoms. The molecule has 0 bridgehead atoms. The molecule has 0 saturated carbocycles. The summed E-state index contributed by atoms with van der Waals surface area (Å²) in [6, 6.07) is 13.2. The Morgan fingerprint density at radius 3 is 2.44 bits per heavy atom. The first kappa shape index (κ1) is 23.4. The summed E-state index contributed by atoms with van der Waals surface area (Å²) < 4.78 is 40.7. The van der Waals surface area contributed by atoms with Crippen LogP contribution in [-0.4, -0.2) is 53.8 Å². The van der Waals surface area contributed by atoms with E-state index in [1.165, 1.54) is 17.0 Å². The standard InChI is InChI=1S/C22H25F3N4O3/c23-22(24,25)32-18-10-8-17(9-11-18)27-21(31)29-13-4-7-19(29)20(30)28(14-12-26)15-16-5-2-1-3-6-16/h1-3,5-6,8-11,19H,4,7,12-15,26H2,(H,27,31)/t19-/m0/s1. The molecule has 2 aromatic rings. The number of carbonyl (C=O) groups is 2. The molecule has 0 unspecified atom stereocenters. The Morgan fingerprint density at radius 2 is 1.81 bits per heavy atom. The van der Waals surface area contributed by atoms with Gasteiger partial charge in [-0.25, -0.2) is 4.79 Å². The summed E-state index contributed by atoms with van der Waals surface area (Å²) in [4.78, 5) is 29.1. The zero-order valence-corrected chi connectivity index (χ0v) is 17.3. The number of nitrogens with two attached hydrogens (primary N) is 1. The van der Waals surface area contributed by atoms with Crippen LogP contribution in [0.25, 0.3) is 0 Å². The van der Waals surface area contributed by atoms with E-state index in [1.54, 1.807) is 4.90 Å². The predicted octanol–water partition coefficient (Wildman–Crippen LogP) is 3.57. The van der Waals surface area contributed by atoms with E-state index in [1.807, 2.05) is 30.3 Å². The molecule has 1 fully saturated rings. The van der Waals surface area contributed by atoms with Crippen molar-refractivity contribution in [1.82, 2.24) is 9.80 Å². The fourth-order valence-corrected chi connectivity index (χ4v) is 3.64. The van der Waals surface area contributed by atoms with Gasteiger partial charge in [0.15, 0.2) is 0 Å². The number of nitrogens with zero attached hydrogens (tertiary/aromatic N) is 2. The topological polar surface area (TPSA) is 87.9 Å². The number of likely N-dealkylation sites (tertiary alicyclic amines) is 1. The number of rotatable bonds is 7. The van der Waals surface area contributed by atoms with E-state index >= 15 is 0 Å². The number of nitrogens with one attached hydrogen (secondary N) is 1. The third kappa shape index (κ3) is 6.36. The van der Waals surface area contributed by atoms with Gasteiger partial charge < -0.3 is 25.6 Å². The number of ether oxygens (including phenoxy) is 1. The number of urea groups is 1. The zero-order chi connectivity index (χ0) is 23.1. The van der Waals surface area contributed by atoms with E-state index in [-0.39, 0.29) is 11.7 Å². The minimum atomic E-state index is -4.79. The molecule has 3 rings (SSSR count). The van der Waals surface area contributed by atoms with Crippen molar-refractivity contribution in [3.05, 3.63) is 60.2 Å². The Kier molecular flexibility index (Phi) is 7.57. The molecule has 1 atom stereocenters. The van der Waals surface area contributed by atoms with Crippen molar-refractivity contribution < 1.29 is 27.5 Å². The maximum absolute atomic E-state index is 13.2. The Morgan fingerprint density at radius 1 is 1.12 bits per heavy atom. The van der Waals surface area contributed by atoms with Gasteiger partial charge in [-0.05, 0) is 42.7 Å². The fraction of sp³-hybridized carbons (Fsp3) is 0.364. The predicted molar refractivity (Wildman–Crippen MR) is 113 cm³/mol. The number of hydrogen-bond donors (Lipinski definition) is 2. The molecule has 1 heterocycles. The van der Waals surface area contributed by atoms with Crippen LogP contribution in [0, 0.1) is 0 Å². The smallest absolute Gasteiger partial charge is 0.406 e. The van der Waals surface area contributed by atoms with Gasteiger partial charge in [-0.2, -0.15) is 0 Å². The Hall–Kier alpha value is -3.27. The molecule has 7 nitrogen and oxygen atoms in total. The number of alkyl halides is 3. The second-order valence-corrected chi connectivity index (χ2v) is 7.39. The van der Waals surface area contributed by atoms with E-state index in [4.69, 9.17) is 5.73 Å². The van der Waals surface area contributed by atoms with Crippen LogP contribution in [0.5, 0.6) is 5.75 Å². The molecule has 2 aromatic carbocycles. The molecule has 3 N–H and O–H groups in total. The van der Waals surface area contributed by atoms with E-state index in [9.17, 15) is 22.8 Å². The van der Waals surface area contributed by atoms with E-state index in [0.29, 0.717) is 44.7 Å². The highest BCUT2D eigenvalue weighted by atomic mass is 19.4. The van der Waals surface area contributed by atoms with Gasteiger partial charge in [-0.1, -0.05) is 30.3 Å². The number of carbonyl (C=O) groups excluding carboxylic acids is 2. The summed E-state index contributed by atoms with van der Waals surface area (Å²) in [5.41, 5.74) is 6.96. The lowest BCUT2D eigenvalue weighted by Crippen LogP contribution is -2.49. The summed E-state index contributed by atoms with van der Waals surface area (Å²) >= 11 is 0. The molecule has 3 amide bonds. The molecule has 0 aliphatic carbocycles. The number of benzene rings is 2. The fourth-order valence-electron chi connectivity index (χ4n) is 3.64. The molecule has 172 valence electrons. The van der Waals surface area contributed by atoms with Gasteiger partial charge in [0.1, 0.15) is 11.8 Å². The third-order valence-electron chi connectivity index (χ3n) is 5.06. The van der Waals surface area contributed by atoms with Crippen LogP contribution < -0.4 is 15.8 Å². The summed E-state index contributed by atoms with van der Waals surface area (Å²) in [6.07, 6.45) is -3.59. The van der Waals surface area contributed by atoms with Crippen LogP contribution in [0.2, 0.25) is 0 Å². The second-order valence-electron chi connectivity index (χ2n) is 7.39. The molecule has 1 aliphatic rings. The third-order valence-corrected chi connectivity index (χ3v) is 5.06. The second kappa shape index (κ2) is 10.4. The lowest BCUT2D eigenvalue weighted by molar-refractivity contribution is -0.274. The number of anilines is 1. The van der Waals surface area contributed by atoms with Gasteiger partial charge in [-0.3, -0.25) is 4.79 Å². The van der Waals surface area contributed by atoms with Gasteiger partial charge in [-0.15, -0.1) is 13.2 Å². The molecular weight excluding hydrogens is 425 g/mol. The summed E-state index contributed by atoms with van der Waals surface area (Å²) in [7, 11) is 0. The number of hydrogen-bond acceptors (Lipinski definition) is 4. The summed E-state index contributed by atoms with van der Waals surface area (Å²) in [5.74, 6) is -0.566. The van der Waals surface area contributed by atoms with E-state index in [0.717, 1.165) is 17.7 Å². The molecule has 1 aliphatic heterocycles. The van der Waals surface area contributed by atoms with Crippen LogP contribution in [0.3, 0.4) is 0 Å². The molecule has 1 saturated heterocycles. The average molecular weight is 450 g/mol. The van der Waals surface area contributed by atoms with Crippen LogP contribution in [0.15, 0.2) is 54.6 Å². The van der Waals surface area contributed by atoms with Crippen molar-refractivity contribution in [3.63, 3.8) is 0 Å². The highest BCUT2D eigenvalue weighted by Gasteiger charge is 2.36. The average Bonchev–Trinajstić information content (AvgIpc) is 3.24. The van der Waals surface area contributed by atoms with Crippen molar-refractivity contribution in [2.75, 3.05) is 25.0 Å². The highest BCUT2D eigenvalue weighted by molar-refractivity contribution is 5.94. The quantitative estimate of drug-likeness (QED) is 0.675. The van der Waals surface area contributed by atoms with Gasteiger partial charge in [0.25, 0.3) is 0 Å². The first-order chi connectivity index (χ1) is 15.3. The molecule has 32 heavy (non-hydrogen) atoms. The van der Waals surface area contributed by atoms with Crippen LogP contribution in [0.4, 0.5) is 23.7 Å². The first-order valence-electron chi connectivity index (χ1n) is 10.2. The Bertz CT molecular complexity index is 907. The van der Waals surface area contributed by atoms with Crippen LogP contribution in [-0.2, 0) is 11.3 Å². The van der Waals surface area contributed by atoms with Crippen molar-refractivity contribution in [2.24, 2.45) is 5.73 Å². The van der Waals surface area contributed by atoms with Crippen molar-refractivity contribution in [3.8, 4) is 5.75 Å². The zero-order valence-electron chi connectivity index (χ0n) is 17.3. The molecule has 0 aromatic heterocycles. The van der Waals surface area contributed by atoms with Crippen molar-refractivity contribution >= 4 is 17.6 Å². The Balaban J connectivity index is 1.65. The van der Waals surface area contributed by atoms with Gasteiger partial charge in [0.05, 0.1) is 0 Å². The normalized spacial score (nSPS) is 16.0. The maximum atomic E-state index is 13.2. The summed E-state index contributed by atoms with van der Waals surface area (Å²) in [6.45, 7) is 1.45. The summed E-state index contributed by atoms with van der Waals surface area (Å²) in [5, 5.41) is 2.63. The highest BCUT2D eigenvalue weighted by Crippen LogP contribution is 2.25. The van der Waals surface area contributed by atoms with Gasteiger partial charge in [0.2, 0.25) is 5.91 Å². The van der Waals surface area contributed by atoms with Crippen molar-refractivity contribution in [1.29, 1.82) is 0 Å². The lowest BCUT2D eigenvalue weighted by atomic mass is 10.1. The number of halogens is 3. The lowest BCUT2D eigenvalue weighted by Gasteiger charge is -2.30. The minimum absolute atomic E-state index is 0.180. The SMILES string of the molecule is NCCN(Cc1ccccc1)C(=O)[C@@H]1CCCN1C(=O)Nc1ccc(OC(F)(F)F)cc1. The van der Waals surface area contributed by atoms with Gasteiger partial charge in [0, 0.05) is 31.9 Å². The first-order valence-corrected chi connectivity index (χ1v) is 10.2. The molecule has 0 radical (unpaired) electrons. The van der Waals surface area contributed by atoms with Gasteiger partial charge >= 0.3 is 12.4 Å². The monoisotopic (exact) mass is 450 g/mol. The molecule has 10 heteroatoms. The number of amides is 3. The van der Waals surface area contributed by atoms with Crippen molar-refractivity contribution in [2.45, 2.75) is 31.8 Å². The van der Waals surface area contributed by atoms with E-state index in [2.05, 4.69) is 10.1 Å². The van der Waals surface area contributed by atoms with E-state index < -0.39 is 18.4 Å².